The molecule has 21 heavy (non-hydrogen) atoms. The average Bonchev–Trinajstić information content (AvgIpc) is 2.37. The van der Waals surface area contributed by atoms with Gasteiger partial charge >= 0.3 is 0 Å². The van der Waals surface area contributed by atoms with E-state index in [2.05, 4.69) is 4.72 Å². The second kappa shape index (κ2) is 5.60. The van der Waals surface area contributed by atoms with E-state index in [4.69, 9.17) is 22.6 Å². The monoisotopic (exact) mass is 325 g/mol. The Bertz CT molecular complexity index is 827. The molecule has 2 rings (SSSR count). The van der Waals surface area contributed by atoms with Crippen molar-refractivity contribution in [1.29, 1.82) is 5.26 Å². The molecule has 0 saturated heterocycles. The summed E-state index contributed by atoms with van der Waals surface area (Å²) in [5, 5.41) is 9.19. The zero-order valence-corrected chi connectivity index (χ0v) is 12.0. The highest BCUT2D eigenvalue weighted by Crippen LogP contribution is 2.27. The molecule has 0 fully saturated rings. The van der Waals surface area contributed by atoms with Crippen LogP contribution in [0, 0.1) is 17.1 Å². The van der Waals surface area contributed by atoms with Gasteiger partial charge in [0, 0.05) is 5.02 Å². The van der Waals surface area contributed by atoms with E-state index in [-0.39, 0.29) is 22.0 Å². The van der Waals surface area contributed by atoms with Crippen molar-refractivity contribution >= 4 is 33.0 Å². The highest BCUT2D eigenvalue weighted by atomic mass is 35.5. The molecule has 0 radical (unpaired) electrons. The number of nitrogens with one attached hydrogen (secondary N) is 1. The van der Waals surface area contributed by atoms with Crippen molar-refractivity contribution in [2.24, 2.45) is 0 Å². The number of benzene rings is 2. The second-order valence-electron chi connectivity index (χ2n) is 4.07. The quantitative estimate of drug-likeness (QED) is 0.848. The van der Waals surface area contributed by atoms with E-state index < -0.39 is 20.7 Å². The Labute approximate surface area is 125 Å². The Balaban J connectivity index is 2.53. The van der Waals surface area contributed by atoms with Crippen LogP contribution in [-0.2, 0) is 10.0 Å². The third-order valence-electron chi connectivity index (χ3n) is 2.61. The van der Waals surface area contributed by atoms with E-state index >= 15 is 0 Å². The number of sulfonamides is 1. The van der Waals surface area contributed by atoms with Crippen LogP contribution >= 0.6 is 11.6 Å². The van der Waals surface area contributed by atoms with Gasteiger partial charge in [-0.2, -0.15) is 5.26 Å². The molecule has 0 aromatic heterocycles. The lowest BCUT2D eigenvalue weighted by Crippen LogP contribution is -2.17. The van der Waals surface area contributed by atoms with Crippen LogP contribution in [0.1, 0.15) is 5.56 Å². The van der Waals surface area contributed by atoms with Gasteiger partial charge in [0.15, 0.2) is 0 Å². The fourth-order valence-electron chi connectivity index (χ4n) is 1.70. The number of halogens is 2. The minimum atomic E-state index is -4.28. The van der Waals surface area contributed by atoms with Gasteiger partial charge in [-0.3, -0.25) is 4.72 Å². The van der Waals surface area contributed by atoms with E-state index in [1.54, 1.807) is 0 Å². The maximum atomic E-state index is 13.7. The summed E-state index contributed by atoms with van der Waals surface area (Å²) >= 11 is 5.77. The lowest BCUT2D eigenvalue weighted by molar-refractivity contribution is 0.572. The van der Waals surface area contributed by atoms with Crippen molar-refractivity contribution in [3.05, 3.63) is 52.8 Å². The summed E-state index contributed by atoms with van der Waals surface area (Å²) in [6, 6.07) is 9.41. The van der Waals surface area contributed by atoms with Crippen LogP contribution in [0.3, 0.4) is 0 Å². The summed E-state index contributed by atoms with van der Waals surface area (Å²) in [6.07, 6.45) is 0. The highest BCUT2D eigenvalue weighted by molar-refractivity contribution is 7.92. The normalized spacial score (nSPS) is 10.9. The molecule has 0 unspecified atom stereocenters. The molecule has 0 aliphatic rings. The molecule has 0 saturated carbocycles. The van der Waals surface area contributed by atoms with Crippen molar-refractivity contribution in [3.63, 3.8) is 0 Å². The summed E-state index contributed by atoms with van der Waals surface area (Å²) in [7, 11) is -4.28. The van der Waals surface area contributed by atoms with Gasteiger partial charge in [-0.25, -0.2) is 12.8 Å². The van der Waals surface area contributed by atoms with Gasteiger partial charge < -0.3 is 5.73 Å². The first-order valence-corrected chi connectivity index (χ1v) is 7.48. The molecule has 0 spiro atoms. The fourth-order valence-corrected chi connectivity index (χ4v) is 3.14. The number of anilines is 2. The maximum Gasteiger partial charge on any atom is 0.266 e. The van der Waals surface area contributed by atoms with Crippen molar-refractivity contribution in [2.45, 2.75) is 4.90 Å². The first kappa shape index (κ1) is 15.1. The van der Waals surface area contributed by atoms with Crippen LogP contribution in [0.2, 0.25) is 5.02 Å². The standard InChI is InChI=1S/C13H9ClFN3O2S/c14-9-5-4-8(7-16)12(6-9)18-21(19,20)13-10(15)2-1-3-11(13)17/h1-6,18H,17H2. The Kier molecular flexibility index (Phi) is 4.02. The van der Waals surface area contributed by atoms with Gasteiger partial charge in [-0.15, -0.1) is 0 Å². The first-order valence-electron chi connectivity index (χ1n) is 5.61. The minimum absolute atomic E-state index is 0.0485. The van der Waals surface area contributed by atoms with Crippen LogP contribution in [0.25, 0.3) is 0 Å². The van der Waals surface area contributed by atoms with E-state index in [0.717, 1.165) is 6.07 Å². The smallest absolute Gasteiger partial charge is 0.266 e. The SMILES string of the molecule is N#Cc1ccc(Cl)cc1NS(=O)(=O)c1c(N)cccc1F. The molecule has 0 aliphatic carbocycles. The number of hydrogen-bond donors (Lipinski definition) is 2. The molecule has 2 aromatic rings. The molecule has 108 valence electrons. The number of nitriles is 1. The van der Waals surface area contributed by atoms with E-state index in [1.807, 2.05) is 6.07 Å². The lowest BCUT2D eigenvalue weighted by atomic mass is 10.2. The molecular formula is C13H9ClFN3O2S. The van der Waals surface area contributed by atoms with E-state index in [0.29, 0.717) is 0 Å². The number of nitrogen functional groups attached to an aromatic ring is 1. The molecule has 2 aromatic carbocycles. The molecule has 8 heteroatoms. The van der Waals surface area contributed by atoms with Crippen LogP contribution in [0.15, 0.2) is 41.3 Å². The third-order valence-corrected chi connectivity index (χ3v) is 4.30. The Morgan fingerprint density at radius 2 is 2.00 bits per heavy atom. The molecule has 0 aliphatic heterocycles. The molecule has 3 N–H and O–H groups in total. The summed E-state index contributed by atoms with van der Waals surface area (Å²) in [5.74, 6) is -0.983. The van der Waals surface area contributed by atoms with Gasteiger partial charge in [-0.1, -0.05) is 17.7 Å². The van der Waals surface area contributed by atoms with Gasteiger partial charge in [0.25, 0.3) is 10.0 Å². The van der Waals surface area contributed by atoms with Crippen LogP contribution in [-0.4, -0.2) is 8.42 Å². The van der Waals surface area contributed by atoms with Crippen LogP contribution in [0.4, 0.5) is 15.8 Å². The molecular weight excluding hydrogens is 317 g/mol. The lowest BCUT2D eigenvalue weighted by Gasteiger charge is -2.12. The molecule has 0 bridgehead atoms. The molecule has 0 atom stereocenters. The number of nitrogens with zero attached hydrogens (tertiary/aromatic N) is 1. The maximum absolute atomic E-state index is 13.7. The van der Waals surface area contributed by atoms with Gasteiger partial charge in [-0.05, 0) is 30.3 Å². The summed E-state index contributed by atoms with van der Waals surface area (Å²) in [5.41, 5.74) is 5.28. The van der Waals surface area contributed by atoms with Gasteiger partial charge in [0.2, 0.25) is 0 Å². The van der Waals surface area contributed by atoms with Crippen molar-refractivity contribution in [1.82, 2.24) is 0 Å². The van der Waals surface area contributed by atoms with Crippen molar-refractivity contribution < 1.29 is 12.8 Å². The third kappa shape index (κ3) is 3.07. The van der Waals surface area contributed by atoms with Crippen LogP contribution < -0.4 is 10.5 Å². The van der Waals surface area contributed by atoms with Crippen molar-refractivity contribution in [2.75, 3.05) is 10.5 Å². The highest BCUT2D eigenvalue weighted by Gasteiger charge is 2.23. The zero-order chi connectivity index (χ0) is 15.6. The average molecular weight is 326 g/mol. The first-order chi connectivity index (χ1) is 9.85. The Hall–Kier alpha value is -2.30. The second-order valence-corrected chi connectivity index (χ2v) is 6.12. The Morgan fingerprint density at radius 3 is 2.62 bits per heavy atom. The summed E-state index contributed by atoms with van der Waals surface area (Å²) in [6.45, 7) is 0. The van der Waals surface area contributed by atoms with Gasteiger partial charge in [0.1, 0.15) is 16.8 Å². The predicted molar refractivity (Wildman–Crippen MR) is 77.8 cm³/mol. The predicted octanol–water partition coefficient (Wildman–Crippen LogP) is 2.73. The van der Waals surface area contributed by atoms with E-state index in [1.165, 1.54) is 30.3 Å². The molecule has 5 nitrogen and oxygen atoms in total. The largest absolute Gasteiger partial charge is 0.398 e. The summed E-state index contributed by atoms with van der Waals surface area (Å²) < 4.78 is 40.3. The van der Waals surface area contributed by atoms with Crippen LogP contribution in [0.5, 0.6) is 0 Å². The fraction of sp³-hybridized carbons (Fsp3) is 0. The number of rotatable bonds is 3. The minimum Gasteiger partial charge on any atom is -0.398 e. The van der Waals surface area contributed by atoms with Crippen molar-refractivity contribution in [3.8, 4) is 6.07 Å². The van der Waals surface area contributed by atoms with Gasteiger partial charge in [0.05, 0.1) is 16.9 Å². The molecule has 0 amide bonds. The topological polar surface area (TPSA) is 96.0 Å². The van der Waals surface area contributed by atoms with E-state index in [9.17, 15) is 12.8 Å². The number of hydrogen-bond acceptors (Lipinski definition) is 4. The Morgan fingerprint density at radius 1 is 1.29 bits per heavy atom. The molecule has 0 heterocycles. The zero-order valence-electron chi connectivity index (χ0n) is 10.5. The number of nitrogens with two attached hydrogens (primary N) is 1. The summed E-state index contributed by atoms with van der Waals surface area (Å²) in [4.78, 5) is -0.672.